The zero-order valence-corrected chi connectivity index (χ0v) is 14.0. The van der Waals surface area contributed by atoms with Crippen LogP contribution in [0.2, 0.25) is 0 Å². The van der Waals surface area contributed by atoms with Gasteiger partial charge in [-0.2, -0.15) is 0 Å². The minimum Gasteiger partial charge on any atom is -0.252 e. The number of pyridine rings is 2. The summed E-state index contributed by atoms with van der Waals surface area (Å²) < 4.78 is 1.02. The Kier molecular flexibility index (Phi) is 3.50. The van der Waals surface area contributed by atoms with Crippen LogP contribution in [0.1, 0.15) is 11.3 Å². The maximum atomic E-state index is 4.75. The van der Waals surface area contributed by atoms with Crippen LogP contribution in [0.15, 0.2) is 66.9 Å². The molecule has 2 nitrogen and oxygen atoms in total. The van der Waals surface area contributed by atoms with Gasteiger partial charge in [-0.15, -0.1) is 0 Å². The van der Waals surface area contributed by atoms with Gasteiger partial charge in [0, 0.05) is 29.1 Å². The van der Waals surface area contributed by atoms with E-state index >= 15 is 0 Å². The molecule has 0 unspecified atom stereocenters. The zero-order chi connectivity index (χ0) is 14.9. The van der Waals surface area contributed by atoms with Crippen molar-refractivity contribution < 1.29 is 0 Å². The van der Waals surface area contributed by atoms with Crippen LogP contribution in [0.5, 0.6) is 0 Å². The molecule has 2 aromatic carbocycles. The lowest BCUT2D eigenvalue weighted by molar-refractivity contribution is 1.10. The zero-order valence-electron chi connectivity index (χ0n) is 11.8. The summed E-state index contributed by atoms with van der Waals surface area (Å²) in [5, 5.41) is 3.60. The molecule has 0 bridgehead atoms. The molecule has 0 saturated heterocycles. The summed E-state index contributed by atoms with van der Waals surface area (Å²) in [5.74, 6) is 0. The molecule has 3 heteroatoms. The number of fused-ring (bicyclic) bond motifs is 2. The molecular weight excluding hydrogens is 383 g/mol. The van der Waals surface area contributed by atoms with E-state index in [1.54, 1.807) is 0 Å². The third kappa shape index (κ3) is 2.68. The molecule has 4 rings (SSSR count). The molecule has 0 spiro atoms. The van der Waals surface area contributed by atoms with Crippen LogP contribution >= 0.6 is 22.6 Å². The number of benzene rings is 2. The van der Waals surface area contributed by atoms with E-state index in [1.165, 1.54) is 21.7 Å². The Hall–Kier alpha value is -2.01. The summed E-state index contributed by atoms with van der Waals surface area (Å²) in [5.41, 5.74) is 3.43. The molecular formula is C19H13IN2. The molecule has 22 heavy (non-hydrogen) atoms. The van der Waals surface area contributed by atoms with E-state index in [4.69, 9.17) is 4.98 Å². The minimum atomic E-state index is 0.847. The van der Waals surface area contributed by atoms with Gasteiger partial charge in [-0.1, -0.05) is 42.5 Å². The van der Waals surface area contributed by atoms with Crippen LogP contribution in [0.3, 0.4) is 0 Å². The first-order chi connectivity index (χ1) is 10.8. The van der Waals surface area contributed by atoms with Gasteiger partial charge >= 0.3 is 0 Å². The van der Waals surface area contributed by atoms with Gasteiger partial charge in [-0.3, -0.25) is 4.98 Å². The normalized spacial score (nSPS) is 11.1. The van der Waals surface area contributed by atoms with Gasteiger partial charge in [0.05, 0.1) is 5.52 Å². The van der Waals surface area contributed by atoms with Crippen molar-refractivity contribution in [3.63, 3.8) is 0 Å². The Morgan fingerprint density at radius 2 is 1.68 bits per heavy atom. The van der Waals surface area contributed by atoms with Crippen LogP contribution in [0, 0.1) is 3.70 Å². The Bertz CT molecular complexity index is 979. The van der Waals surface area contributed by atoms with Crippen LogP contribution in [-0.2, 0) is 6.42 Å². The van der Waals surface area contributed by atoms with Crippen LogP contribution in [0.4, 0.5) is 0 Å². The predicted octanol–water partition coefficient (Wildman–Crippen LogP) is 4.98. The highest BCUT2D eigenvalue weighted by Gasteiger charge is 2.02. The van der Waals surface area contributed by atoms with Crippen LogP contribution in [0.25, 0.3) is 21.7 Å². The Morgan fingerprint density at radius 1 is 0.818 bits per heavy atom. The molecule has 2 heterocycles. The lowest BCUT2D eigenvalue weighted by atomic mass is 10.0. The lowest BCUT2D eigenvalue weighted by Gasteiger charge is -2.05. The summed E-state index contributed by atoms with van der Waals surface area (Å²) in [6, 6.07) is 21.1. The average molecular weight is 396 g/mol. The van der Waals surface area contributed by atoms with Gasteiger partial charge in [0.25, 0.3) is 0 Å². The Balaban J connectivity index is 1.72. The van der Waals surface area contributed by atoms with Crippen LogP contribution < -0.4 is 0 Å². The molecule has 0 atom stereocenters. The van der Waals surface area contributed by atoms with Gasteiger partial charge in [-0.05, 0) is 51.7 Å². The Labute approximate surface area is 142 Å². The van der Waals surface area contributed by atoms with Crippen molar-refractivity contribution in [1.29, 1.82) is 0 Å². The molecule has 0 aliphatic carbocycles. The summed E-state index contributed by atoms with van der Waals surface area (Å²) >= 11 is 2.25. The number of hydrogen-bond acceptors (Lipinski definition) is 2. The van der Waals surface area contributed by atoms with E-state index in [-0.39, 0.29) is 0 Å². The molecule has 0 saturated carbocycles. The standard InChI is InChI=1S/C19H13IN2/c20-19-11-16-9-13(5-6-15(16)12-21-19)10-17-8-7-14-3-1-2-4-18(14)22-17/h1-9,11-12H,10H2. The Morgan fingerprint density at radius 3 is 2.64 bits per heavy atom. The third-order valence-electron chi connectivity index (χ3n) is 3.79. The first kappa shape index (κ1) is 13.6. The second-order valence-corrected chi connectivity index (χ2v) is 6.47. The minimum absolute atomic E-state index is 0.847. The molecule has 2 aromatic heterocycles. The molecule has 0 amide bonds. The quantitative estimate of drug-likeness (QED) is 0.353. The largest absolute Gasteiger partial charge is 0.252 e. The highest BCUT2D eigenvalue weighted by molar-refractivity contribution is 14.1. The molecule has 106 valence electrons. The molecule has 0 aliphatic heterocycles. The van der Waals surface area contributed by atoms with Crippen LogP contribution in [-0.4, -0.2) is 9.97 Å². The molecule has 0 aliphatic rings. The highest BCUT2D eigenvalue weighted by Crippen LogP contribution is 2.20. The van der Waals surface area contributed by atoms with Gasteiger partial charge in [0.15, 0.2) is 0 Å². The third-order valence-corrected chi connectivity index (χ3v) is 4.38. The molecule has 4 aromatic rings. The highest BCUT2D eigenvalue weighted by atomic mass is 127. The molecule has 0 N–H and O–H groups in total. The fraction of sp³-hybridized carbons (Fsp3) is 0.0526. The van der Waals surface area contributed by atoms with Crippen molar-refractivity contribution >= 4 is 44.3 Å². The van der Waals surface area contributed by atoms with Crippen molar-refractivity contribution in [2.24, 2.45) is 0 Å². The van der Waals surface area contributed by atoms with Crippen molar-refractivity contribution in [3.05, 3.63) is 81.8 Å². The van der Waals surface area contributed by atoms with E-state index in [2.05, 4.69) is 76.1 Å². The van der Waals surface area contributed by atoms with E-state index in [1.807, 2.05) is 18.3 Å². The van der Waals surface area contributed by atoms with Crippen molar-refractivity contribution in [2.75, 3.05) is 0 Å². The number of aromatic nitrogens is 2. The molecule has 0 fully saturated rings. The van der Waals surface area contributed by atoms with Crippen molar-refractivity contribution in [3.8, 4) is 0 Å². The lowest BCUT2D eigenvalue weighted by Crippen LogP contribution is -1.93. The first-order valence-corrected chi connectivity index (χ1v) is 8.25. The average Bonchev–Trinajstić information content (AvgIpc) is 2.54. The van der Waals surface area contributed by atoms with E-state index in [0.29, 0.717) is 0 Å². The number of rotatable bonds is 2. The smallest absolute Gasteiger partial charge is 0.101 e. The number of nitrogens with zero attached hydrogens (tertiary/aromatic N) is 2. The topological polar surface area (TPSA) is 25.8 Å². The summed E-state index contributed by atoms with van der Waals surface area (Å²) in [6.45, 7) is 0. The second-order valence-electron chi connectivity index (χ2n) is 5.36. The number of hydrogen-bond donors (Lipinski definition) is 0. The van der Waals surface area contributed by atoms with E-state index in [9.17, 15) is 0 Å². The number of para-hydroxylation sites is 1. The fourth-order valence-corrected chi connectivity index (χ4v) is 3.16. The summed E-state index contributed by atoms with van der Waals surface area (Å²) in [4.78, 5) is 9.08. The number of halogens is 1. The van der Waals surface area contributed by atoms with Gasteiger partial charge in [0.2, 0.25) is 0 Å². The maximum absolute atomic E-state index is 4.75. The predicted molar refractivity (Wildman–Crippen MR) is 99.0 cm³/mol. The first-order valence-electron chi connectivity index (χ1n) is 7.17. The van der Waals surface area contributed by atoms with Crippen molar-refractivity contribution in [2.45, 2.75) is 6.42 Å². The molecule has 0 radical (unpaired) electrons. The summed E-state index contributed by atoms with van der Waals surface area (Å²) in [6.07, 6.45) is 2.77. The monoisotopic (exact) mass is 396 g/mol. The maximum Gasteiger partial charge on any atom is 0.101 e. The van der Waals surface area contributed by atoms with Gasteiger partial charge < -0.3 is 0 Å². The summed E-state index contributed by atoms with van der Waals surface area (Å²) in [7, 11) is 0. The van der Waals surface area contributed by atoms with E-state index in [0.717, 1.165) is 21.3 Å². The van der Waals surface area contributed by atoms with E-state index < -0.39 is 0 Å². The SMILES string of the molecule is Ic1cc2cc(Cc3ccc4ccccc4n3)ccc2cn1. The van der Waals surface area contributed by atoms with Crippen molar-refractivity contribution in [1.82, 2.24) is 9.97 Å². The second kappa shape index (κ2) is 5.65. The van der Waals surface area contributed by atoms with Gasteiger partial charge in [-0.25, -0.2) is 4.98 Å². The fourth-order valence-electron chi connectivity index (χ4n) is 2.69. The van der Waals surface area contributed by atoms with Gasteiger partial charge in [0.1, 0.15) is 3.70 Å².